The summed E-state index contributed by atoms with van der Waals surface area (Å²) in [5.41, 5.74) is 0. The standard InChI is InChI=1S/CH2O3.2H2O.Pb/c2-1(3)4;;;/h(H2,2,3,4);2*1H2;/q;;;+2/p-2. The van der Waals surface area contributed by atoms with Crippen molar-refractivity contribution < 1.29 is 26.0 Å². The number of hydrogen-bond donors (Lipinski definition) is 2. The van der Waals surface area contributed by atoms with Crippen molar-refractivity contribution in [1.82, 2.24) is 0 Å². The first kappa shape index (κ1) is 27.4. The zero-order valence-corrected chi connectivity index (χ0v) is 7.08. The molecule has 0 atom stereocenters. The molecule has 2 radical (unpaired) electrons. The molecule has 5 nitrogen and oxygen atoms in total. The summed E-state index contributed by atoms with van der Waals surface area (Å²) >= 11 is 0. The van der Waals surface area contributed by atoms with Crippen molar-refractivity contribution in [3.63, 3.8) is 0 Å². The summed E-state index contributed by atoms with van der Waals surface area (Å²) in [5, 5.41) is 13.9. The molecule has 42 valence electrons. The maximum atomic E-state index is 8.56. The fourth-order valence-electron chi connectivity index (χ4n) is 0. The molecule has 0 aliphatic rings. The second-order valence-electron chi connectivity index (χ2n) is 0.283. The minimum atomic E-state index is -1.83. The van der Waals surface area contributed by atoms with Crippen LogP contribution in [0.5, 0.6) is 0 Å². The van der Waals surface area contributed by atoms with Gasteiger partial charge in [-0.15, -0.1) is 0 Å². The summed E-state index contributed by atoms with van der Waals surface area (Å²) in [6.07, 6.45) is -1.83. The number of carbonyl (C=O) groups is 1. The van der Waals surface area contributed by atoms with E-state index >= 15 is 0 Å². The van der Waals surface area contributed by atoms with Crippen molar-refractivity contribution in [3.05, 3.63) is 0 Å². The van der Waals surface area contributed by atoms with E-state index in [0.29, 0.717) is 0 Å². The molecule has 0 aromatic heterocycles. The first-order chi connectivity index (χ1) is 1.73. The first-order valence-corrected chi connectivity index (χ1v) is 0.651. The van der Waals surface area contributed by atoms with E-state index in [1.165, 1.54) is 0 Å². The van der Waals surface area contributed by atoms with Gasteiger partial charge in [0.25, 0.3) is 0 Å². The third-order valence-corrected chi connectivity index (χ3v) is 0. The molecule has 0 heterocycles. The predicted molar refractivity (Wildman–Crippen MR) is 20.3 cm³/mol. The van der Waals surface area contributed by atoms with Crippen LogP contribution in [0.1, 0.15) is 0 Å². The molecular weight excluding hydrogens is 299 g/mol. The van der Waals surface area contributed by atoms with E-state index in [4.69, 9.17) is 15.0 Å². The van der Waals surface area contributed by atoms with Crippen LogP contribution >= 0.6 is 0 Å². The van der Waals surface area contributed by atoms with E-state index in [1.807, 2.05) is 0 Å². The largest absolute Gasteiger partial charge is 2.00 e. The summed E-state index contributed by atoms with van der Waals surface area (Å²) in [7, 11) is 0. The molecule has 0 fully saturated rings. The average molecular weight is 303 g/mol. The summed E-state index contributed by atoms with van der Waals surface area (Å²) in [4.78, 5) is 8.56. The Kier molecular flexibility index (Phi) is 64.6. The Hall–Kier alpha value is 0.112. The third-order valence-electron chi connectivity index (χ3n) is 0. The molecule has 0 saturated carbocycles. The van der Waals surface area contributed by atoms with Gasteiger partial charge in [0.1, 0.15) is 0 Å². The summed E-state index contributed by atoms with van der Waals surface area (Å²) in [6, 6.07) is 0. The maximum absolute atomic E-state index is 8.56. The molecule has 0 unspecified atom stereocenters. The monoisotopic (exact) mass is 304 g/mol. The molecular formula is CH4O5Pb. The van der Waals surface area contributed by atoms with Crippen molar-refractivity contribution in [2.24, 2.45) is 0 Å². The van der Waals surface area contributed by atoms with Crippen LogP contribution in [0.4, 0.5) is 4.79 Å². The van der Waals surface area contributed by atoms with Crippen LogP contribution < -0.4 is 0 Å². The minimum Gasteiger partial charge on any atom is -0.870 e. The van der Waals surface area contributed by atoms with Crippen molar-refractivity contribution in [3.8, 4) is 0 Å². The van der Waals surface area contributed by atoms with E-state index in [1.54, 1.807) is 0 Å². The van der Waals surface area contributed by atoms with Gasteiger partial charge in [0.2, 0.25) is 0 Å². The SMILES string of the molecule is O=C(O)O.[OH-].[OH-].[Pb+2]. The molecule has 0 aliphatic heterocycles. The van der Waals surface area contributed by atoms with Crippen LogP contribution in [0.3, 0.4) is 0 Å². The van der Waals surface area contributed by atoms with Crippen LogP contribution in [-0.4, -0.2) is 54.6 Å². The topological polar surface area (TPSA) is 118 Å². The summed E-state index contributed by atoms with van der Waals surface area (Å²) in [5.74, 6) is 0. The molecule has 6 heteroatoms. The molecule has 0 amide bonds. The minimum absolute atomic E-state index is 0. The van der Waals surface area contributed by atoms with Crippen LogP contribution in [0.15, 0.2) is 0 Å². The Morgan fingerprint density at radius 2 is 1.14 bits per heavy atom. The summed E-state index contributed by atoms with van der Waals surface area (Å²) < 4.78 is 0. The quantitative estimate of drug-likeness (QED) is 0.584. The molecule has 7 heavy (non-hydrogen) atoms. The average Bonchev–Trinajstić information content (AvgIpc) is 0.811. The van der Waals surface area contributed by atoms with Gasteiger partial charge < -0.3 is 21.2 Å². The smallest absolute Gasteiger partial charge is 0.870 e. The Labute approximate surface area is 59.7 Å². The van der Waals surface area contributed by atoms with Gasteiger partial charge in [-0.1, -0.05) is 0 Å². The van der Waals surface area contributed by atoms with Crippen LogP contribution in [0.2, 0.25) is 0 Å². The number of hydrogen-bond acceptors (Lipinski definition) is 3. The second kappa shape index (κ2) is 16.5. The maximum Gasteiger partial charge on any atom is 2.00 e. The van der Waals surface area contributed by atoms with Gasteiger partial charge in [-0.2, -0.15) is 0 Å². The fourth-order valence-corrected chi connectivity index (χ4v) is 0. The van der Waals surface area contributed by atoms with E-state index < -0.39 is 6.16 Å². The van der Waals surface area contributed by atoms with Gasteiger partial charge in [0, 0.05) is 0 Å². The number of carboxylic acid groups (broad SMARTS) is 2. The van der Waals surface area contributed by atoms with Gasteiger partial charge in [0.15, 0.2) is 0 Å². The van der Waals surface area contributed by atoms with Crippen molar-refractivity contribution in [2.75, 3.05) is 0 Å². The fraction of sp³-hybridized carbons (Fsp3) is 0. The molecule has 0 aliphatic carbocycles. The van der Waals surface area contributed by atoms with Gasteiger partial charge >= 0.3 is 33.5 Å². The van der Waals surface area contributed by atoms with Crippen LogP contribution in [0.25, 0.3) is 0 Å². The Morgan fingerprint density at radius 3 is 1.14 bits per heavy atom. The van der Waals surface area contributed by atoms with E-state index in [-0.39, 0.29) is 38.3 Å². The van der Waals surface area contributed by atoms with E-state index in [2.05, 4.69) is 0 Å². The molecule has 4 N–H and O–H groups in total. The Balaban J connectivity index is -0.0000000150. The molecule has 0 aromatic rings. The Bertz CT molecular complexity index is 31.1. The van der Waals surface area contributed by atoms with Crippen molar-refractivity contribution in [2.45, 2.75) is 0 Å². The van der Waals surface area contributed by atoms with Gasteiger partial charge in [-0.25, -0.2) is 4.79 Å². The molecule has 0 aromatic carbocycles. The zero-order valence-electron chi connectivity index (χ0n) is 3.20. The van der Waals surface area contributed by atoms with Crippen molar-refractivity contribution >= 4 is 33.5 Å². The number of rotatable bonds is 0. The molecule has 0 spiro atoms. The second-order valence-corrected chi connectivity index (χ2v) is 0.283. The zero-order chi connectivity index (χ0) is 3.58. The van der Waals surface area contributed by atoms with E-state index in [0.717, 1.165) is 0 Å². The molecule has 0 saturated heterocycles. The van der Waals surface area contributed by atoms with Crippen LogP contribution in [0, 0.1) is 0 Å². The third kappa shape index (κ3) is 8230. The first-order valence-electron chi connectivity index (χ1n) is 0.651. The van der Waals surface area contributed by atoms with Crippen molar-refractivity contribution in [1.29, 1.82) is 0 Å². The Morgan fingerprint density at radius 1 is 1.14 bits per heavy atom. The van der Waals surface area contributed by atoms with Gasteiger partial charge in [0.05, 0.1) is 0 Å². The summed E-state index contributed by atoms with van der Waals surface area (Å²) in [6.45, 7) is 0. The molecule has 0 bridgehead atoms. The van der Waals surface area contributed by atoms with Gasteiger partial charge in [-0.3, -0.25) is 0 Å². The molecule has 0 rings (SSSR count). The predicted octanol–water partition coefficient (Wildman–Crippen LogP) is -0.512. The normalized spacial score (nSPS) is 3.43. The van der Waals surface area contributed by atoms with Gasteiger partial charge in [-0.05, 0) is 0 Å². The van der Waals surface area contributed by atoms with Crippen LogP contribution in [-0.2, 0) is 0 Å². The van der Waals surface area contributed by atoms with E-state index in [9.17, 15) is 0 Å².